The monoisotopic (exact) mass is 415 g/mol. The fraction of sp³-hybridized carbons (Fsp3) is 0.714. The van der Waals surface area contributed by atoms with E-state index in [0.717, 1.165) is 12.8 Å². The number of alkyl halides is 1. The molecule has 0 saturated carbocycles. The predicted molar refractivity (Wildman–Crippen MR) is 85.1 cm³/mol. The van der Waals surface area contributed by atoms with E-state index in [1.807, 2.05) is 33.8 Å². The topological polar surface area (TPSA) is 113 Å². The summed E-state index contributed by atoms with van der Waals surface area (Å²) in [5.74, 6) is 12.3. The second-order valence-electron chi connectivity index (χ2n) is 5.29. The van der Waals surface area contributed by atoms with Crippen LogP contribution in [0.4, 0.5) is 0 Å². The molecule has 0 aromatic heterocycles. The van der Waals surface area contributed by atoms with Crippen LogP contribution >= 0.6 is 0 Å². The standard InChI is InChI=1S/C14H34IN5O/c1-7-13(8-2,9-3)15(16,17)21-14(10-4,11-5)20(18,19)12-6/h7,12H,1,6,8-11,16-19H2,2-5H3. The third-order valence-electron chi connectivity index (χ3n) is 4.51. The Hall–Kier alpha value is -0.0300. The number of hydrogen-bond acceptors (Lipinski definition) is 5. The Morgan fingerprint density at radius 2 is 1.43 bits per heavy atom. The first kappa shape index (κ1) is 21.0. The molecule has 0 bridgehead atoms. The van der Waals surface area contributed by atoms with E-state index in [0.29, 0.717) is 12.8 Å². The van der Waals surface area contributed by atoms with E-state index < -0.39 is 29.8 Å². The summed E-state index contributed by atoms with van der Waals surface area (Å²) in [4.78, 5) is 0. The molecule has 6 nitrogen and oxygen atoms in total. The van der Waals surface area contributed by atoms with Crippen molar-refractivity contribution in [1.82, 2.24) is 0 Å². The van der Waals surface area contributed by atoms with Crippen molar-refractivity contribution in [3.63, 3.8) is 0 Å². The molecule has 0 fully saturated rings. The molecule has 0 aliphatic carbocycles. The second kappa shape index (κ2) is 7.49. The van der Waals surface area contributed by atoms with Gasteiger partial charge < -0.3 is 0 Å². The molecule has 7 heteroatoms. The Morgan fingerprint density at radius 1 is 1.00 bits per heavy atom. The summed E-state index contributed by atoms with van der Waals surface area (Å²) < 4.78 is 18.5. The first-order chi connectivity index (χ1) is 9.57. The molecular formula is C14H34IN5O. The van der Waals surface area contributed by atoms with Gasteiger partial charge in [0, 0.05) is 0 Å². The number of quaternary nitrogens is 1. The molecule has 0 rings (SSSR count). The van der Waals surface area contributed by atoms with E-state index in [1.165, 1.54) is 6.20 Å². The fourth-order valence-corrected chi connectivity index (χ4v) is 8.36. The summed E-state index contributed by atoms with van der Waals surface area (Å²) in [6.07, 6.45) is 6.03. The minimum atomic E-state index is -3.63. The zero-order chi connectivity index (χ0) is 16.9. The van der Waals surface area contributed by atoms with Crippen molar-refractivity contribution in [2.45, 2.75) is 62.5 Å². The molecular weight excluding hydrogens is 381 g/mol. The van der Waals surface area contributed by atoms with Crippen LogP contribution in [0.2, 0.25) is 0 Å². The average molecular weight is 415 g/mol. The van der Waals surface area contributed by atoms with E-state index in [2.05, 4.69) is 13.2 Å². The van der Waals surface area contributed by atoms with Gasteiger partial charge >= 0.3 is 135 Å². The van der Waals surface area contributed by atoms with E-state index in [9.17, 15) is 0 Å². The van der Waals surface area contributed by atoms with Gasteiger partial charge in [0.25, 0.3) is 0 Å². The van der Waals surface area contributed by atoms with Crippen molar-refractivity contribution in [3.8, 4) is 0 Å². The molecule has 0 amide bonds. The molecule has 0 spiro atoms. The third-order valence-corrected chi connectivity index (χ3v) is 11.4. The van der Waals surface area contributed by atoms with Gasteiger partial charge in [0.1, 0.15) is 0 Å². The normalized spacial score (nSPS) is 14.9. The third kappa shape index (κ3) is 3.66. The summed E-state index contributed by atoms with van der Waals surface area (Å²) in [6.45, 7) is 15.7. The summed E-state index contributed by atoms with van der Waals surface area (Å²) in [5.41, 5.74) is -0.875. The molecule has 0 atom stereocenters. The van der Waals surface area contributed by atoms with E-state index >= 15 is 0 Å². The zero-order valence-corrected chi connectivity index (χ0v) is 16.1. The number of halogens is 1. The van der Waals surface area contributed by atoms with Crippen LogP contribution in [0.25, 0.3) is 0 Å². The number of hydrogen-bond donors (Lipinski definition) is 4. The maximum absolute atomic E-state index is 6.53. The number of nitrogens with two attached hydrogens (primary N) is 4. The Labute approximate surface area is 134 Å². The van der Waals surface area contributed by atoms with Gasteiger partial charge in [-0.05, 0) is 0 Å². The van der Waals surface area contributed by atoms with Gasteiger partial charge in [-0.2, -0.15) is 0 Å². The molecule has 0 aromatic carbocycles. The van der Waals surface area contributed by atoms with Crippen molar-refractivity contribution < 1.29 is 27.2 Å². The Balaban J connectivity index is 5.84. The van der Waals surface area contributed by atoms with E-state index in [1.54, 1.807) is 0 Å². The molecule has 0 aliphatic rings. The van der Waals surface area contributed by atoms with Crippen LogP contribution in [-0.4, -0.2) is 13.8 Å². The van der Waals surface area contributed by atoms with Gasteiger partial charge in [-0.3, -0.25) is 0 Å². The summed E-state index contributed by atoms with van der Waals surface area (Å²) in [5, 5.41) is 0. The molecule has 128 valence electrons. The second-order valence-corrected chi connectivity index (χ2v) is 11.3. The molecule has 0 saturated heterocycles. The van der Waals surface area contributed by atoms with Crippen molar-refractivity contribution in [3.05, 3.63) is 25.4 Å². The van der Waals surface area contributed by atoms with Crippen molar-refractivity contribution in [2.24, 2.45) is 19.6 Å². The number of nitrogens with zero attached hydrogens (tertiary/aromatic N) is 1. The van der Waals surface area contributed by atoms with Crippen LogP contribution in [0, 0.1) is 0 Å². The van der Waals surface area contributed by atoms with Crippen LogP contribution in [-0.2, 0) is 3.07 Å². The van der Waals surface area contributed by atoms with E-state index in [-0.39, 0.29) is 3.42 Å². The predicted octanol–water partition coefficient (Wildman–Crippen LogP) is -1.21. The minimum absolute atomic E-state index is 0.386. The molecule has 21 heavy (non-hydrogen) atoms. The van der Waals surface area contributed by atoms with Gasteiger partial charge in [-0.1, -0.05) is 0 Å². The Morgan fingerprint density at radius 3 is 1.67 bits per heavy atom. The zero-order valence-electron chi connectivity index (χ0n) is 13.9. The van der Waals surface area contributed by atoms with Gasteiger partial charge in [-0.25, -0.2) is 0 Å². The van der Waals surface area contributed by atoms with Crippen molar-refractivity contribution in [2.75, 3.05) is 0 Å². The van der Waals surface area contributed by atoms with Crippen LogP contribution in [0.5, 0.6) is 0 Å². The first-order valence-corrected chi connectivity index (χ1v) is 11.8. The van der Waals surface area contributed by atoms with Crippen LogP contribution < -0.4 is 39.0 Å². The van der Waals surface area contributed by atoms with Crippen LogP contribution in [0.1, 0.15) is 53.4 Å². The first-order valence-electron chi connectivity index (χ1n) is 7.33. The fourth-order valence-electron chi connectivity index (χ4n) is 2.52. The molecule has 0 aromatic rings. The number of rotatable bonds is 10. The quantitative estimate of drug-likeness (QED) is 0.0523. The summed E-state index contributed by atoms with van der Waals surface area (Å²) >= 11 is -3.63. The molecule has 0 heterocycles. The van der Waals surface area contributed by atoms with E-state index in [4.69, 9.17) is 22.6 Å². The van der Waals surface area contributed by atoms with Crippen molar-refractivity contribution in [1.29, 1.82) is 0 Å². The molecule has 8 N–H and O–H groups in total. The summed E-state index contributed by atoms with van der Waals surface area (Å²) in [7, 11) is 0. The Bertz CT molecular complexity index is 362. The summed E-state index contributed by atoms with van der Waals surface area (Å²) in [6, 6.07) is 0. The average Bonchev–Trinajstić information content (AvgIpc) is 2.46. The van der Waals surface area contributed by atoms with Gasteiger partial charge in [0.2, 0.25) is 0 Å². The SMILES string of the molecule is C=CC(CC)(CC)[I-](N)(N)OC(CC)(CC)[N+](N)(N)C=C. The maximum atomic E-state index is 6.53. The van der Waals surface area contributed by atoms with Gasteiger partial charge in [0.05, 0.1) is 0 Å². The van der Waals surface area contributed by atoms with Crippen LogP contribution in [0.15, 0.2) is 25.4 Å². The Kier molecular flexibility index (Phi) is 7.48. The van der Waals surface area contributed by atoms with Gasteiger partial charge in [-0.15, -0.1) is 0 Å². The molecule has 0 aliphatic heterocycles. The molecule has 0 radical (unpaired) electrons. The van der Waals surface area contributed by atoms with Crippen LogP contribution in [0.3, 0.4) is 0 Å². The van der Waals surface area contributed by atoms with Gasteiger partial charge in [0.15, 0.2) is 0 Å². The van der Waals surface area contributed by atoms with Crippen molar-refractivity contribution >= 4 is 0 Å². The number of allylic oxidation sites excluding steroid dienone is 1. The molecule has 0 unspecified atom stereocenters.